The maximum atomic E-state index is 13.2. The summed E-state index contributed by atoms with van der Waals surface area (Å²) in [6, 6.07) is 0.573. The van der Waals surface area contributed by atoms with Crippen LogP contribution in [0.5, 0.6) is 0 Å². The van der Waals surface area contributed by atoms with Gasteiger partial charge in [-0.15, -0.1) is 0 Å². The number of aliphatic hydroxyl groups excluding tert-OH is 1. The van der Waals surface area contributed by atoms with Crippen LogP contribution in [0.1, 0.15) is 37.4 Å². The van der Waals surface area contributed by atoms with E-state index in [9.17, 15) is 4.79 Å². The van der Waals surface area contributed by atoms with E-state index in [0.29, 0.717) is 30.7 Å². The van der Waals surface area contributed by atoms with Gasteiger partial charge in [0.15, 0.2) is 5.82 Å². The number of rotatable bonds is 6. The highest BCUT2D eigenvalue weighted by molar-refractivity contribution is 5.83. The van der Waals surface area contributed by atoms with Gasteiger partial charge in [0.2, 0.25) is 5.91 Å². The zero-order chi connectivity index (χ0) is 19.4. The van der Waals surface area contributed by atoms with Gasteiger partial charge in [0.25, 0.3) is 5.89 Å². The minimum Gasteiger partial charge on any atom is -0.387 e. The molecule has 4 rings (SSSR count). The Morgan fingerprint density at radius 3 is 3.00 bits per heavy atom. The van der Waals surface area contributed by atoms with Crippen molar-refractivity contribution in [3.63, 3.8) is 0 Å². The van der Waals surface area contributed by atoms with Gasteiger partial charge in [-0.25, -0.2) is 0 Å². The second-order valence-electron chi connectivity index (χ2n) is 8.16. The Morgan fingerprint density at radius 1 is 1.36 bits per heavy atom. The van der Waals surface area contributed by atoms with E-state index in [2.05, 4.69) is 25.7 Å². The number of nitrogens with one attached hydrogen (secondary N) is 2. The molecular formula is C19H31N5O4. The molecule has 0 aromatic carbocycles. The monoisotopic (exact) mass is 393 g/mol. The summed E-state index contributed by atoms with van der Waals surface area (Å²) in [5.41, 5.74) is -0.311. The number of amides is 1. The van der Waals surface area contributed by atoms with E-state index in [4.69, 9.17) is 14.4 Å². The molecule has 3 aliphatic rings. The molecule has 9 heteroatoms. The van der Waals surface area contributed by atoms with Gasteiger partial charge >= 0.3 is 0 Å². The SMILES string of the molecule is O=C(NCCc1noc(CO)n1)[C@@]12CC[C@@H](N3CCOCC3)C[C@H]1CCNC2. The van der Waals surface area contributed by atoms with Crippen LogP contribution in [0.4, 0.5) is 0 Å². The molecule has 3 atom stereocenters. The summed E-state index contributed by atoms with van der Waals surface area (Å²) < 4.78 is 10.4. The number of hydrogen-bond acceptors (Lipinski definition) is 8. The summed E-state index contributed by atoms with van der Waals surface area (Å²) in [4.78, 5) is 19.8. The molecule has 1 aliphatic carbocycles. The number of carbonyl (C=O) groups excluding carboxylic acids is 1. The molecule has 156 valence electrons. The number of morpholine rings is 1. The van der Waals surface area contributed by atoms with Crippen LogP contribution in [0.25, 0.3) is 0 Å². The first-order valence-corrected chi connectivity index (χ1v) is 10.4. The number of aliphatic hydroxyl groups is 1. The van der Waals surface area contributed by atoms with Crippen LogP contribution in [-0.4, -0.2) is 78.0 Å². The Morgan fingerprint density at radius 2 is 2.21 bits per heavy atom. The standard InChI is InChI=1S/C19H31N5O4/c25-12-17-22-16(23-28-17)3-6-21-18(26)19-4-1-15(24-7-9-27-10-8-24)11-14(19)2-5-20-13-19/h14-15,20,25H,1-13H2,(H,21,26)/t14-,15-,19-/m1/s1. The highest BCUT2D eigenvalue weighted by Crippen LogP contribution is 2.46. The lowest BCUT2D eigenvalue weighted by Crippen LogP contribution is -2.60. The predicted molar refractivity (Wildman–Crippen MR) is 100 cm³/mol. The van der Waals surface area contributed by atoms with E-state index in [-0.39, 0.29) is 23.8 Å². The summed E-state index contributed by atoms with van der Waals surface area (Å²) in [6.45, 7) is 5.62. The lowest BCUT2D eigenvalue weighted by molar-refractivity contribution is -0.140. The second-order valence-corrected chi connectivity index (χ2v) is 8.16. The van der Waals surface area contributed by atoms with Crippen LogP contribution in [0.2, 0.25) is 0 Å². The van der Waals surface area contributed by atoms with E-state index in [1.165, 1.54) is 0 Å². The van der Waals surface area contributed by atoms with Crippen LogP contribution in [0, 0.1) is 11.3 Å². The van der Waals surface area contributed by atoms with Gasteiger partial charge < -0.3 is 25.0 Å². The third-order valence-corrected chi connectivity index (χ3v) is 6.67. The lowest BCUT2D eigenvalue weighted by atomic mass is 9.61. The zero-order valence-electron chi connectivity index (χ0n) is 16.4. The van der Waals surface area contributed by atoms with Crippen LogP contribution < -0.4 is 10.6 Å². The second kappa shape index (κ2) is 8.86. The van der Waals surface area contributed by atoms with E-state index < -0.39 is 0 Å². The van der Waals surface area contributed by atoms with E-state index in [1.54, 1.807) is 0 Å². The summed E-state index contributed by atoms with van der Waals surface area (Å²) in [5.74, 6) is 1.28. The number of hydrogen-bond donors (Lipinski definition) is 3. The summed E-state index contributed by atoms with van der Waals surface area (Å²) in [7, 11) is 0. The average molecular weight is 393 g/mol. The normalized spacial score (nSPS) is 31.3. The molecule has 1 aromatic heterocycles. The van der Waals surface area contributed by atoms with Crippen LogP contribution in [0.15, 0.2) is 4.52 Å². The van der Waals surface area contributed by atoms with Crippen molar-refractivity contribution >= 4 is 5.91 Å². The third-order valence-electron chi connectivity index (χ3n) is 6.67. The molecule has 2 saturated heterocycles. The zero-order valence-corrected chi connectivity index (χ0v) is 16.4. The number of nitrogens with zero attached hydrogens (tertiary/aromatic N) is 3. The molecule has 2 aliphatic heterocycles. The van der Waals surface area contributed by atoms with Gasteiger partial charge in [-0.05, 0) is 38.1 Å². The highest BCUT2D eigenvalue weighted by Gasteiger charge is 2.50. The molecule has 3 N–H and O–H groups in total. The first-order chi connectivity index (χ1) is 13.7. The Balaban J connectivity index is 1.35. The Labute approximate surface area is 165 Å². The number of fused-ring (bicyclic) bond motifs is 1. The van der Waals surface area contributed by atoms with Crippen molar-refractivity contribution in [2.45, 2.75) is 44.8 Å². The molecule has 3 heterocycles. The maximum absolute atomic E-state index is 13.2. The summed E-state index contributed by atoms with van der Waals surface area (Å²) >= 11 is 0. The highest BCUT2D eigenvalue weighted by atomic mass is 16.5. The van der Waals surface area contributed by atoms with Gasteiger partial charge in [0, 0.05) is 38.6 Å². The Hall–Kier alpha value is -1.55. The Kier molecular flexibility index (Phi) is 6.25. The van der Waals surface area contributed by atoms with Crippen LogP contribution in [0.3, 0.4) is 0 Å². The molecule has 28 heavy (non-hydrogen) atoms. The van der Waals surface area contributed by atoms with Gasteiger partial charge in [-0.2, -0.15) is 4.98 Å². The largest absolute Gasteiger partial charge is 0.387 e. The molecule has 1 aromatic rings. The first-order valence-electron chi connectivity index (χ1n) is 10.4. The predicted octanol–water partition coefficient (Wildman–Crippen LogP) is -0.299. The fourth-order valence-corrected chi connectivity index (χ4v) is 5.09. The van der Waals surface area contributed by atoms with Crippen LogP contribution >= 0.6 is 0 Å². The molecule has 1 amide bonds. The fourth-order valence-electron chi connectivity index (χ4n) is 5.09. The molecule has 0 bridgehead atoms. The van der Waals surface area contributed by atoms with E-state index >= 15 is 0 Å². The van der Waals surface area contributed by atoms with Gasteiger partial charge in [-0.1, -0.05) is 5.16 Å². The van der Waals surface area contributed by atoms with E-state index in [1.807, 2.05) is 0 Å². The molecule has 9 nitrogen and oxygen atoms in total. The first kappa shape index (κ1) is 19.8. The van der Waals surface area contributed by atoms with Crippen molar-refractivity contribution < 1.29 is 19.2 Å². The van der Waals surface area contributed by atoms with Crippen LogP contribution in [-0.2, 0) is 22.6 Å². The molecular weight excluding hydrogens is 362 g/mol. The minimum atomic E-state index is -0.311. The van der Waals surface area contributed by atoms with Gasteiger partial charge in [0.05, 0.1) is 18.6 Å². The van der Waals surface area contributed by atoms with Crippen molar-refractivity contribution in [3.05, 3.63) is 11.7 Å². The van der Waals surface area contributed by atoms with Gasteiger partial charge in [-0.3, -0.25) is 9.69 Å². The number of aromatic nitrogens is 2. The molecule has 0 radical (unpaired) electrons. The smallest absolute Gasteiger partial charge is 0.252 e. The number of carbonyl (C=O) groups is 1. The van der Waals surface area contributed by atoms with Gasteiger partial charge in [0.1, 0.15) is 6.61 Å². The fraction of sp³-hybridized carbons (Fsp3) is 0.842. The summed E-state index contributed by atoms with van der Waals surface area (Å²) in [5, 5.41) is 19.4. The molecule has 3 fully saturated rings. The van der Waals surface area contributed by atoms with Crippen molar-refractivity contribution in [2.75, 3.05) is 45.9 Å². The van der Waals surface area contributed by atoms with Crippen molar-refractivity contribution in [1.82, 2.24) is 25.7 Å². The number of ether oxygens (including phenoxy) is 1. The molecule has 0 spiro atoms. The Bertz CT molecular complexity index is 663. The quantitative estimate of drug-likeness (QED) is 0.604. The number of piperidine rings is 1. The topological polar surface area (TPSA) is 113 Å². The van der Waals surface area contributed by atoms with E-state index in [0.717, 1.165) is 65.1 Å². The van der Waals surface area contributed by atoms with Crippen molar-refractivity contribution in [2.24, 2.45) is 11.3 Å². The minimum absolute atomic E-state index is 0.149. The van der Waals surface area contributed by atoms with Crippen molar-refractivity contribution in [1.29, 1.82) is 0 Å². The van der Waals surface area contributed by atoms with Crippen molar-refractivity contribution in [3.8, 4) is 0 Å². The lowest BCUT2D eigenvalue weighted by Gasteiger charge is -2.50. The molecule has 1 saturated carbocycles. The maximum Gasteiger partial charge on any atom is 0.252 e. The average Bonchev–Trinajstić information content (AvgIpc) is 3.22. The molecule has 0 unspecified atom stereocenters. The summed E-state index contributed by atoms with van der Waals surface area (Å²) in [6.07, 6.45) is 4.64. The third kappa shape index (κ3) is 4.07.